The van der Waals surface area contributed by atoms with Crippen LogP contribution in [-0.4, -0.2) is 22.4 Å². The Labute approximate surface area is 63.5 Å². The molecule has 0 aromatic heterocycles. The van der Waals surface area contributed by atoms with Crippen LogP contribution in [0.2, 0.25) is 0 Å². The number of hydrogen-bond acceptors (Lipinski definition) is 1. The first-order valence-electron chi connectivity index (χ1n) is 2.30. The van der Waals surface area contributed by atoms with Gasteiger partial charge in [0.25, 0.3) is 0 Å². The molecule has 0 aromatic carbocycles. The van der Waals surface area contributed by atoms with Gasteiger partial charge in [-0.05, 0) is 0 Å². The molecule has 0 aliphatic heterocycles. The quantitative estimate of drug-likeness (QED) is 0.696. The Balaban J connectivity index is 0. The van der Waals surface area contributed by atoms with Gasteiger partial charge in [0, 0.05) is 0 Å². The third-order valence-electron chi connectivity index (χ3n) is 0.780. The van der Waals surface area contributed by atoms with Crippen LogP contribution in [0.25, 0.3) is 0 Å². The minimum Gasteiger partial charge on any atom is -0.358 e. The van der Waals surface area contributed by atoms with Gasteiger partial charge >= 0.3 is 55.7 Å². The van der Waals surface area contributed by atoms with Crippen LogP contribution >= 0.6 is 0 Å². The van der Waals surface area contributed by atoms with E-state index in [9.17, 15) is 0 Å². The van der Waals surface area contributed by atoms with Crippen LogP contribution in [0.1, 0.15) is 6.92 Å². The zero-order chi connectivity index (χ0) is 5.70. The second kappa shape index (κ2) is 7.52. The van der Waals surface area contributed by atoms with Gasteiger partial charge in [0.2, 0.25) is 0 Å². The zero-order valence-corrected chi connectivity index (χ0v) is 8.49. The molecule has 0 bridgehead atoms. The van der Waals surface area contributed by atoms with E-state index in [1.54, 1.807) is 0 Å². The maximum atomic E-state index is 3.76. The van der Waals surface area contributed by atoms with Crippen molar-refractivity contribution >= 4 is 4.40 Å². The minimum atomic E-state index is 0. The SMILES string of the molecule is [CH2-]N(CC)C[CH]=[W].[CH3-]. The Morgan fingerprint density at radius 3 is 2.38 bits per heavy atom. The molecule has 50 valence electrons. The molecular weight excluding hydrogens is 270 g/mol. The molecule has 0 N–H and O–H groups in total. The van der Waals surface area contributed by atoms with E-state index in [4.69, 9.17) is 0 Å². The van der Waals surface area contributed by atoms with Crippen molar-refractivity contribution in [3.05, 3.63) is 14.5 Å². The molecule has 8 heavy (non-hydrogen) atoms. The maximum Gasteiger partial charge on any atom is -0.358 e. The monoisotopic (exact) mass is 283 g/mol. The van der Waals surface area contributed by atoms with Crippen molar-refractivity contribution in [1.82, 2.24) is 4.90 Å². The molecule has 0 spiro atoms. The van der Waals surface area contributed by atoms with Gasteiger partial charge in [0.05, 0.1) is 0 Å². The molecule has 0 aliphatic rings. The van der Waals surface area contributed by atoms with Gasteiger partial charge < -0.3 is 7.43 Å². The molecule has 2 heteroatoms. The predicted octanol–water partition coefficient (Wildman–Crippen LogP) is 0.899. The Hall–Kier alpha value is 0.518. The van der Waals surface area contributed by atoms with Crippen LogP contribution in [0.15, 0.2) is 0 Å². The third kappa shape index (κ3) is 6.52. The van der Waals surface area contributed by atoms with Crippen molar-refractivity contribution in [2.24, 2.45) is 0 Å². The second-order valence-corrected chi connectivity index (χ2v) is 2.53. The first-order valence-corrected chi connectivity index (χ1v) is 3.99. The molecule has 0 atom stereocenters. The average molecular weight is 283 g/mol. The van der Waals surface area contributed by atoms with Gasteiger partial charge in [-0.2, -0.15) is 0 Å². The van der Waals surface area contributed by atoms with E-state index in [0.717, 1.165) is 13.1 Å². The summed E-state index contributed by atoms with van der Waals surface area (Å²) < 4.78 is 2.18. The summed E-state index contributed by atoms with van der Waals surface area (Å²) in [5.74, 6) is 0. The summed E-state index contributed by atoms with van der Waals surface area (Å²) in [4.78, 5) is 2.02. The average Bonchev–Trinajstić information content (AvgIpc) is 1.68. The summed E-state index contributed by atoms with van der Waals surface area (Å²) >= 11 is 1.53. The summed E-state index contributed by atoms with van der Waals surface area (Å²) in [6.45, 7) is 4.18. The third-order valence-corrected chi connectivity index (χ3v) is 1.32. The van der Waals surface area contributed by atoms with Gasteiger partial charge in [-0.1, -0.05) is 0 Å². The van der Waals surface area contributed by atoms with Gasteiger partial charge in [-0.25, -0.2) is 0 Å². The van der Waals surface area contributed by atoms with Crippen molar-refractivity contribution < 1.29 is 19.4 Å². The summed E-state index contributed by atoms with van der Waals surface area (Å²) in [5.41, 5.74) is 0. The van der Waals surface area contributed by atoms with E-state index in [-0.39, 0.29) is 7.43 Å². The van der Waals surface area contributed by atoms with Crippen LogP contribution in [-0.2, 0) is 19.4 Å². The topological polar surface area (TPSA) is 3.24 Å². The van der Waals surface area contributed by atoms with Gasteiger partial charge in [0.1, 0.15) is 0 Å². The molecule has 0 aromatic rings. The molecule has 0 unspecified atom stereocenters. The number of hydrogen-bond donors (Lipinski definition) is 0. The molecule has 0 radical (unpaired) electrons. The van der Waals surface area contributed by atoms with Crippen molar-refractivity contribution in [2.75, 3.05) is 13.1 Å². The largest absolute Gasteiger partial charge is 0.358 e. The summed E-state index contributed by atoms with van der Waals surface area (Å²) in [5, 5.41) is 0. The molecule has 0 aliphatic carbocycles. The zero-order valence-electron chi connectivity index (χ0n) is 5.55. The summed E-state index contributed by atoms with van der Waals surface area (Å²) in [6.07, 6.45) is 0. The number of rotatable bonds is 3. The fraction of sp³-hybridized carbons (Fsp3) is 0.500. The van der Waals surface area contributed by atoms with Crippen LogP contribution in [0.3, 0.4) is 0 Å². The standard InChI is InChI=1S/C5H10N.CH3.W/c1-4-6(3)5-2;;/h1H,3-5H2,2H3;1H3;/q2*-1;. The Kier molecular flexibility index (Phi) is 10.7. The van der Waals surface area contributed by atoms with E-state index in [1.165, 1.54) is 19.4 Å². The predicted molar refractivity (Wildman–Crippen MR) is 35.1 cm³/mol. The molecule has 0 heterocycles. The minimum absolute atomic E-state index is 0. The van der Waals surface area contributed by atoms with Crippen LogP contribution in [0.5, 0.6) is 0 Å². The molecule has 1 nitrogen and oxygen atoms in total. The fourth-order valence-corrected chi connectivity index (χ4v) is 0.992. The van der Waals surface area contributed by atoms with Crippen molar-refractivity contribution in [3.8, 4) is 0 Å². The van der Waals surface area contributed by atoms with Gasteiger partial charge in [0.15, 0.2) is 0 Å². The van der Waals surface area contributed by atoms with Crippen LogP contribution in [0.4, 0.5) is 0 Å². The molecular formula is C6H13NW-2. The molecule has 0 saturated heterocycles. The summed E-state index contributed by atoms with van der Waals surface area (Å²) in [7, 11) is 3.76. The first kappa shape index (κ1) is 11.3. The van der Waals surface area contributed by atoms with E-state index in [1.807, 2.05) is 4.90 Å². The van der Waals surface area contributed by atoms with E-state index < -0.39 is 0 Å². The maximum absolute atomic E-state index is 3.76. The van der Waals surface area contributed by atoms with Gasteiger partial charge in [-0.15, -0.1) is 0 Å². The van der Waals surface area contributed by atoms with Gasteiger partial charge in [-0.3, -0.25) is 0 Å². The van der Waals surface area contributed by atoms with Crippen molar-refractivity contribution in [3.63, 3.8) is 0 Å². The van der Waals surface area contributed by atoms with Crippen LogP contribution in [0, 0.1) is 14.5 Å². The Bertz CT molecular complexity index is 54.5. The fourth-order valence-electron chi connectivity index (χ4n) is 0.235. The van der Waals surface area contributed by atoms with Crippen molar-refractivity contribution in [1.29, 1.82) is 0 Å². The summed E-state index contributed by atoms with van der Waals surface area (Å²) in [6, 6.07) is 0. The molecule has 0 fully saturated rings. The molecule has 0 amide bonds. The normalized spacial score (nSPS) is 8.38. The van der Waals surface area contributed by atoms with E-state index >= 15 is 0 Å². The van der Waals surface area contributed by atoms with Crippen molar-refractivity contribution in [2.45, 2.75) is 6.92 Å². The smallest absolute Gasteiger partial charge is 0.358 e. The van der Waals surface area contributed by atoms with E-state index in [2.05, 4.69) is 18.4 Å². The molecule has 0 rings (SSSR count). The number of nitrogens with zero attached hydrogens (tertiary/aromatic N) is 1. The molecule has 0 saturated carbocycles. The first-order chi connectivity index (χ1) is 3.31. The second-order valence-electron chi connectivity index (χ2n) is 1.34. The van der Waals surface area contributed by atoms with Crippen LogP contribution < -0.4 is 0 Å². The van der Waals surface area contributed by atoms with E-state index in [0.29, 0.717) is 0 Å². The Morgan fingerprint density at radius 2 is 2.25 bits per heavy atom. The Morgan fingerprint density at radius 1 is 1.75 bits per heavy atom.